The lowest BCUT2D eigenvalue weighted by molar-refractivity contribution is -0.00307. The zero-order valence-corrected chi connectivity index (χ0v) is 18.2. The van der Waals surface area contributed by atoms with Crippen LogP contribution in [0.3, 0.4) is 0 Å². The van der Waals surface area contributed by atoms with Crippen molar-refractivity contribution in [2.45, 2.75) is 78.4 Å². The van der Waals surface area contributed by atoms with Gasteiger partial charge in [-0.25, -0.2) is 0 Å². The molecule has 0 aromatic carbocycles. The Balaban J connectivity index is 4.41. The molecule has 0 amide bonds. The molecular weight excluding hydrogens is 340 g/mol. The summed E-state index contributed by atoms with van der Waals surface area (Å²) >= 11 is 0. The van der Waals surface area contributed by atoms with Crippen molar-refractivity contribution in [2.75, 3.05) is 26.4 Å². The van der Waals surface area contributed by atoms with Gasteiger partial charge in [-0.05, 0) is 55.8 Å². The first-order valence-corrected chi connectivity index (χ1v) is 10.5. The van der Waals surface area contributed by atoms with E-state index in [9.17, 15) is 10.2 Å². The minimum atomic E-state index is -0.399. The van der Waals surface area contributed by atoms with Crippen molar-refractivity contribution in [1.29, 1.82) is 0 Å². The molecule has 0 aliphatic carbocycles. The Hall–Kier alpha value is -0.680. The van der Waals surface area contributed by atoms with Gasteiger partial charge >= 0.3 is 0 Å². The van der Waals surface area contributed by atoms with Crippen LogP contribution in [0, 0.1) is 17.3 Å². The SMILES string of the molecule is C=CCC(CC=C)(CCOC[C@@H](O)CC(C)C)CCOC[C@@H](O)CC(C)C. The maximum absolute atomic E-state index is 9.94. The van der Waals surface area contributed by atoms with Gasteiger partial charge in [0.25, 0.3) is 0 Å². The summed E-state index contributed by atoms with van der Waals surface area (Å²) in [5.41, 5.74) is 0.00943. The molecule has 0 rings (SSSR count). The molecule has 0 spiro atoms. The second-order valence-electron chi connectivity index (χ2n) is 8.70. The standard InChI is InChI=1S/C23H44O4/c1-7-9-23(10-8-2,11-13-26-17-21(24)15-19(3)4)12-14-27-18-22(25)16-20(5)6/h7-8,19-22,24-25H,1-2,9-18H2,3-6H3/t21-,22-/m0/s1. The summed E-state index contributed by atoms with van der Waals surface area (Å²) < 4.78 is 11.5. The van der Waals surface area contributed by atoms with Gasteiger partial charge in [-0.1, -0.05) is 39.8 Å². The van der Waals surface area contributed by atoms with E-state index in [-0.39, 0.29) is 5.41 Å². The van der Waals surface area contributed by atoms with E-state index in [0.717, 1.165) is 38.5 Å². The molecule has 4 nitrogen and oxygen atoms in total. The molecule has 0 fully saturated rings. The third kappa shape index (κ3) is 14.0. The minimum absolute atomic E-state index is 0.00943. The number of hydrogen-bond donors (Lipinski definition) is 2. The lowest BCUT2D eigenvalue weighted by Crippen LogP contribution is -2.26. The number of rotatable bonds is 18. The topological polar surface area (TPSA) is 58.9 Å². The van der Waals surface area contributed by atoms with Crippen molar-refractivity contribution >= 4 is 0 Å². The molecule has 2 atom stereocenters. The van der Waals surface area contributed by atoms with Crippen molar-refractivity contribution in [3.05, 3.63) is 25.3 Å². The predicted octanol–water partition coefficient (Wildman–Crippen LogP) is 4.75. The van der Waals surface area contributed by atoms with Crippen LogP contribution in [0.4, 0.5) is 0 Å². The van der Waals surface area contributed by atoms with Gasteiger partial charge in [0.2, 0.25) is 0 Å². The van der Waals surface area contributed by atoms with Gasteiger partial charge in [-0.15, -0.1) is 13.2 Å². The van der Waals surface area contributed by atoms with Gasteiger partial charge in [0.1, 0.15) is 0 Å². The first-order chi connectivity index (χ1) is 12.7. The van der Waals surface area contributed by atoms with Gasteiger partial charge in [-0.3, -0.25) is 0 Å². The molecular formula is C23H44O4. The monoisotopic (exact) mass is 384 g/mol. The van der Waals surface area contributed by atoms with E-state index in [1.54, 1.807) is 0 Å². The van der Waals surface area contributed by atoms with E-state index >= 15 is 0 Å². The highest BCUT2D eigenvalue weighted by Gasteiger charge is 2.27. The Morgan fingerprint density at radius 2 is 1.15 bits per heavy atom. The Bertz CT molecular complexity index is 343. The second kappa shape index (κ2) is 15.3. The molecule has 0 heterocycles. The number of aliphatic hydroxyl groups excluding tert-OH is 2. The molecule has 2 N–H and O–H groups in total. The van der Waals surface area contributed by atoms with Crippen molar-refractivity contribution in [3.63, 3.8) is 0 Å². The van der Waals surface area contributed by atoms with Gasteiger partial charge in [0.05, 0.1) is 25.4 Å². The van der Waals surface area contributed by atoms with Crippen LogP contribution < -0.4 is 0 Å². The molecule has 0 aromatic heterocycles. The smallest absolute Gasteiger partial charge is 0.0776 e. The molecule has 0 radical (unpaired) electrons. The lowest BCUT2D eigenvalue weighted by atomic mass is 9.75. The molecule has 0 saturated heterocycles. The summed E-state index contributed by atoms with van der Waals surface area (Å²) in [7, 11) is 0. The van der Waals surface area contributed by atoms with E-state index in [1.165, 1.54) is 0 Å². The first-order valence-electron chi connectivity index (χ1n) is 10.5. The van der Waals surface area contributed by atoms with Crippen LogP contribution >= 0.6 is 0 Å². The van der Waals surface area contributed by atoms with Crippen molar-refractivity contribution < 1.29 is 19.7 Å². The molecule has 0 aliphatic heterocycles. The fraction of sp³-hybridized carbons (Fsp3) is 0.826. The van der Waals surface area contributed by atoms with Crippen LogP contribution in [-0.2, 0) is 9.47 Å². The molecule has 0 bridgehead atoms. The highest BCUT2D eigenvalue weighted by atomic mass is 16.5. The summed E-state index contributed by atoms with van der Waals surface area (Å²) in [6.07, 6.45) is 8.11. The van der Waals surface area contributed by atoms with Gasteiger partial charge < -0.3 is 19.7 Å². The van der Waals surface area contributed by atoms with Crippen molar-refractivity contribution in [2.24, 2.45) is 17.3 Å². The third-order valence-electron chi connectivity index (χ3n) is 4.82. The average Bonchev–Trinajstić information content (AvgIpc) is 2.55. The Morgan fingerprint density at radius 1 is 0.778 bits per heavy atom. The van der Waals surface area contributed by atoms with Crippen LogP contribution in [-0.4, -0.2) is 48.8 Å². The Morgan fingerprint density at radius 3 is 1.44 bits per heavy atom. The minimum Gasteiger partial charge on any atom is -0.391 e. The lowest BCUT2D eigenvalue weighted by Gasteiger charge is -2.32. The molecule has 4 heteroatoms. The Kier molecular flexibility index (Phi) is 14.9. The summed E-state index contributed by atoms with van der Waals surface area (Å²) in [5.74, 6) is 0.930. The van der Waals surface area contributed by atoms with E-state index in [1.807, 2.05) is 12.2 Å². The maximum atomic E-state index is 9.94. The fourth-order valence-corrected chi connectivity index (χ4v) is 3.47. The number of hydrogen-bond acceptors (Lipinski definition) is 4. The summed E-state index contributed by atoms with van der Waals surface area (Å²) in [4.78, 5) is 0. The van der Waals surface area contributed by atoms with E-state index in [0.29, 0.717) is 38.3 Å². The van der Waals surface area contributed by atoms with E-state index in [4.69, 9.17) is 9.47 Å². The van der Waals surface area contributed by atoms with Gasteiger partial charge in [0, 0.05) is 13.2 Å². The normalized spacial score (nSPS) is 14.5. The molecule has 0 aromatic rings. The van der Waals surface area contributed by atoms with Crippen molar-refractivity contribution in [3.8, 4) is 0 Å². The zero-order valence-electron chi connectivity index (χ0n) is 18.2. The predicted molar refractivity (Wildman–Crippen MR) is 114 cm³/mol. The van der Waals surface area contributed by atoms with Crippen LogP contribution in [0.15, 0.2) is 25.3 Å². The quantitative estimate of drug-likeness (QED) is 0.264. The van der Waals surface area contributed by atoms with E-state index < -0.39 is 12.2 Å². The largest absolute Gasteiger partial charge is 0.391 e. The highest BCUT2D eigenvalue weighted by molar-refractivity contribution is 4.91. The van der Waals surface area contributed by atoms with Crippen LogP contribution in [0.2, 0.25) is 0 Å². The first kappa shape index (κ1) is 26.3. The molecule has 27 heavy (non-hydrogen) atoms. The highest BCUT2D eigenvalue weighted by Crippen LogP contribution is 2.36. The average molecular weight is 385 g/mol. The van der Waals surface area contributed by atoms with E-state index in [2.05, 4.69) is 40.9 Å². The van der Waals surface area contributed by atoms with Crippen molar-refractivity contribution in [1.82, 2.24) is 0 Å². The zero-order chi connectivity index (χ0) is 20.7. The number of aliphatic hydroxyl groups is 2. The number of ether oxygens (including phenoxy) is 2. The van der Waals surface area contributed by atoms with Gasteiger partial charge in [0.15, 0.2) is 0 Å². The fourth-order valence-electron chi connectivity index (χ4n) is 3.47. The summed E-state index contributed by atoms with van der Waals surface area (Å²) in [6, 6.07) is 0. The summed E-state index contributed by atoms with van der Waals surface area (Å²) in [5, 5.41) is 19.9. The third-order valence-corrected chi connectivity index (χ3v) is 4.82. The molecule has 0 saturated carbocycles. The van der Waals surface area contributed by atoms with Gasteiger partial charge in [-0.2, -0.15) is 0 Å². The van der Waals surface area contributed by atoms with Crippen LogP contribution in [0.1, 0.15) is 66.2 Å². The van der Waals surface area contributed by atoms with Crippen LogP contribution in [0.5, 0.6) is 0 Å². The Labute approximate surface area is 167 Å². The molecule has 0 unspecified atom stereocenters. The number of allylic oxidation sites excluding steroid dienone is 2. The molecule has 160 valence electrons. The molecule has 0 aliphatic rings. The summed E-state index contributed by atoms with van der Waals surface area (Å²) in [6.45, 7) is 18.2. The van der Waals surface area contributed by atoms with Crippen LogP contribution in [0.25, 0.3) is 0 Å². The maximum Gasteiger partial charge on any atom is 0.0776 e. The second-order valence-corrected chi connectivity index (χ2v) is 8.70.